The highest BCUT2D eigenvalue weighted by Crippen LogP contribution is 2.64. The fourth-order valence-corrected chi connectivity index (χ4v) is 3.86. The molecule has 1 aromatic carbocycles. The first-order chi connectivity index (χ1) is 11.1. The summed E-state index contributed by atoms with van der Waals surface area (Å²) in [5.41, 5.74) is 0.161. The number of carbonyl (C=O) groups excluding carboxylic acids is 1. The molecule has 1 N–H and O–H groups in total. The molecule has 1 amide bonds. The minimum atomic E-state index is -3.32. The molecule has 0 spiro atoms. The molecule has 6 nitrogen and oxygen atoms in total. The third-order valence-electron chi connectivity index (χ3n) is 4.91. The molecule has 2 rings (SSSR count). The molecular formula is C17H26N2O4S. The molecule has 0 aromatic heterocycles. The summed E-state index contributed by atoms with van der Waals surface area (Å²) in [6.45, 7) is 4.20. The highest BCUT2D eigenvalue weighted by Gasteiger charge is 2.66. The Labute approximate surface area is 144 Å². The van der Waals surface area contributed by atoms with Crippen molar-refractivity contribution in [3.63, 3.8) is 0 Å². The highest BCUT2D eigenvalue weighted by atomic mass is 32.2. The van der Waals surface area contributed by atoms with Gasteiger partial charge < -0.3 is 10.1 Å². The molecule has 0 aliphatic heterocycles. The van der Waals surface area contributed by atoms with Gasteiger partial charge in [0.2, 0.25) is 15.9 Å². The van der Waals surface area contributed by atoms with Gasteiger partial charge in [-0.2, -0.15) is 0 Å². The molecule has 1 saturated carbocycles. The SMILES string of the molecule is COc1ccc([C@]2(C(=O)NCCS(=O)(=O)N(C)C)CC2(C)C)cc1. The van der Waals surface area contributed by atoms with E-state index in [1.165, 1.54) is 18.4 Å². The number of benzene rings is 1. The van der Waals surface area contributed by atoms with E-state index in [-0.39, 0.29) is 23.6 Å². The normalized spacial score (nSPS) is 22.2. The second kappa shape index (κ2) is 6.37. The second-order valence-corrected chi connectivity index (χ2v) is 9.35. The molecule has 1 atom stereocenters. The smallest absolute Gasteiger partial charge is 0.231 e. The van der Waals surface area contributed by atoms with Gasteiger partial charge in [-0.25, -0.2) is 12.7 Å². The van der Waals surface area contributed by atoms with Crippen molar-refractivity contribution in [2.24, 2.45) is 5.41 Å². The summed E-state index contributed by atoms with van der Waals surface area (Å²) in [6, 6.07) is 7.50. The standard InChI is InChI=1S/C17H26N2O4S/c1-16(2)12-17(16,13-6-8-14(23-5)9-7-13)15(20)18-10-11-24(21,22)19(3)4/h6-9H,10-12H2,1-5H3,(H,18,20)/t17-/m0/s1. The summed E-state index contributed by atoms with van der Waals surface area (Å²) in [6.07, 6.45) is 0.735. The number of hydrogen-bond acceptors (Lipinski definition) is 4. The summed E-state index contributed by atoms with van der Waals surface area (Å²) in [5, 5.41) is 2.80. The van der Waals surface area contributed by atoms with E-state index in [4.69, 9.17) is 4.74 Å². The van der Waals surface area contributed by atoms with Crippen LogP contribution in [0, 0.1) is 5.41 Å². The maximum Gasteiger partial charge on any atom is 0.231 e. The van der Waals surface area contributed by atoms with Gasteiger partial charge in [0.05, 0.1) is 18.3 Å². The number of amides is 1. The fraction of sp³-hybridized carbons (Fsp3) is 0.588. The van der Waals surface area contributed by atoms with E-state index < -0.39 is 15.4 Å². The Balaban J connectivity index is 2.12. The molecular weight excluding hydrogens is 328 g/mol. The summed E-state index contributed by atoms with van der Waals surface area (Å²) in [7, 11) is 1.25. The van der Waals surface area contributed by atoms with Crippen LogP contribution in [0.25, 0.3) is 0 Å². The topological polar surface area (TPSA) is 75.7 Å². The average molecular weight is 354 g/mol. The van der Waals surface area contributed by atoms with Crippen LogP contribution in [-0.2, 0) is 20.2 Å². The lowest BCUT2D eigenvalue weighted by molar-refractivity contribution is -0.124. The predicted molar refractivity (Wildman–Crippen MR) is 93.6 cm³/mol. The van der Waals surface area contributed by atoms with Crippen molar-refractivity contribution in [1.82, 2.24) is 9.62 Å². The van der Waals surface area contributed by atoms with Crippen molar-refractivity contribution in [3.8, 4) is 5.75 Å². The minimum Gasteiger partial charge on any atom is -0.497 e. The summed E-state index contributed by atoms with van der Waals surface area (Å²) >= 11 is 0. The van der Waals surface area contributed by atoms with Crippen LogP contribution in [0.1, 0.15) is 25.8 Å². The molecule has 134 valence electrons. The van der Waals surface area contributed by atoms with Crippen LogP contribution in [0.15, 0.2) is 24.3 Å². The van der Waals surface area contributed by atoms with Crippen molar-refractivity contribution in [2.75, 3.05) is 33.5 Å². The van der Waals surface area contributed by atoms with Crippen molar-refractivity contribution in [1.29, 1.82) is 0 Å². The minimum absolute atomic E-state index is 0.104. The number of methoxy groups -OCH3 is 1. The number of nitrogens with zero attached hydrogens (tertiary/aromatic N) is 1. The van der Waals surface area contributed by atoms with Crippen molar-refractivity contribution >= 4 is 15.9 Å². The third-order valence-corrected chi connectivity index (χ3v) is 6.74. The first-order valence-corrected chi connectivity index (χ1v) is 9.51. The van der Waals surface area contributed by atoms with E-state index in [2.05, 4.69) is 5.32 Å². The van der Waals surface area contributed by atoms with Crippen LogP contribution in [0.4, 0.5) is 0 Å². The zero-order chi connectivity index (χ0) is 18.2. The van der Waals surface area contributed by atoms with Gasteiger partial charge in [0.25, 0.3) is 0 Å². The molecule has 1 aliphatic rings. The molecule has 0 unspecified atom stereocenters. The second-order valence-electron chi connectivity index (χ2n) is 7.05. The quantitative estimate of drug-likeness (QED) is 0.802. The Morgan fingerprint density at radius 2 is 1.79 bits per heavy atom. The van der Waals surface area contributed by atoms with Gasteiger partial charge in [0.1, 0.15) is 5.75 Å². The Morgan fingerprint density at radius 3 is 2.21 bits per heavy atom. The third kappa shape index (κ3) is 3.28. The monoisotopic (exact) mass is 354 g/mol. The Hall–Kier alpha value is -1.60. The van der Waals surface area contributed by atoms with E-state index >= 15 is 0 Å². The summed E-state index contributed by atoms with van der Waals surface area (Å²) in [5.74, 6) is 0.515. The number of sulfonamides is 1. The van der Waals surface area contributed by atoms with E-state index in [1.807, 2.05) is 38.1 Å². The van der Waals surface area contributed by atoms with E-state index in [0.717, 1.165) is 17.7 Å². The largest absolute Gasteiger partial charge is 0.497 e. The summed E-state index contributed by atoms with van der Waals surface area (Å²) in [4.78, 5) is 12.8. The highest BCUT2D eigenvalue weighted by molar-refractivity contribution is 7.89. The average Bonchev–Trinajstić information content (AvgIpc) is 3.11. The molecule has 0 heterocycles. The lowest BCUT2D eigenvalue weighted by Crippen LogP contribution is -2.41. The molecule has 24 heavy (non-hydrogen) atoms. The molecule has 0 bridgehead atoms. The lowest BCUT2D eigenvalue weighted by atomic mass is 9.87. The molecule has 1 aliphatic carbocycles. The first-order valence-electron chi connectivity index (χ1n) is 7.90. The molecule has 0 radical (unpaired) electrons. The molecule has 1 fully saturated rings. The lowest BCUT2D eigenvalue weighted by Gasteiger charge is -2.21. The Bertz CT molecular complexity index is 711. The zero-order valence-corrected chi connectivity index (χ0v) is 15.7. The van der Waals surface area contributed by atoms with E-state index in [9.17, 15) is 13.2 Å². The van der Waals surface area contributed by atoms with E-state index in [0.29, 0.717) is 0 Å². The molecule has 1 aromatic rings. The first kappa shape index (κ1) is 18.7. The van der Waals surface area contributed by atoms with Gasteiger partial charge in [-0.15, -0.1) is 0 Å². The van der Waals surface area contributed by atoms with Crippen LogP contribution in [0.5, 0.6) is 5.75 Å². The van der Waals surface area contributed by atoms with Crippen LogP contribution < -0.4 is 10.1 Å². The van der Waals surface area contributed by atoms with Gasteiger partial charge in [-0.1, -0.05) is 26.0 Å². The number of ether oxygens (including phenoxy) is 1. The zero-order valence-electron chi connectivity index (χ0n) is 14.9. The van der Waals surface area contributed by atoms with Gasteiger partial charge in [-0.05, 0) is 29.5 Å². The van der Waals surface area contributed by atoms with Crippen molar-refractivity contribution in [3.05, 3.63) is 29.8 Å². The molecule has 7 heteroatoms. The maximum atomic E-state index is 12.8. The van der Waals surface area contributed by atoms with Crippen LogP contribution >= 0.6 is 0 Å². The van der Waals surface area contributed by atoms with Crippen LogP contribution in [-0.4, -0.2) is 52.1 Å². The number of nitrogens with one attached hydrogen (secondary N) is 1. The predicted octanol–water partition coefficient (Wildman–Crippen LogP) is 1.37. The fourth-order valence-electron chi connectivity index (χ4n) is 3.13. The van der Waals surface area contributed by atoms with Gasteiger partial charge in [0, 0.05) is 20.6 Å². The Kier molecular flexibility index (Phi) is 4.97. The van der Waals surface area contributed by atoms with Crippen LogP contribution in [0.2, 0.25) is 0 Å². The van der Waals surface area contributed by atoms with Gasteiger partial charge >= 0.3 is 0 Å². The number of carbonyl (C=O) groups is 1. The molecule has 0 saturated heterocycles. The number of rotatable bonds is 7. The maximum absolute atomic E-state index is 12.8. The van der Waals surface area contributed by atoms with Crippen molar-refractivity contribution < 1.29 is 17.9 Å². The van der Waals surface area contributed by atoms with Gasteiger partial charge in [-0.3, -0.25) is 4.79 Å². The van der Waals surface area contributed by atoms with Gasteiger partial charge in [0.15, 0.2) is 0 Å². The number of hydrogen-bond donors (Lipinski definition) is 1. The van der Waals surface area contributed by atoms with Crippen molar-refractivity contribution in [2.45, 2.75) is 25.7 Å². The summed E-state index contributed by atoms with van der Waals surface area (Å²) < 4.78 is 29.9. The Morgan fingerprint density at radius 1 is 1.25 bits per heavy atom. The van der Waals surface area contributed by atoms with Crippen LogP contribution in [0.3, 0.4) is 0 Å². The van der Waals surface area contributed by atoms with E-state index in [1.54, 1.807) is 7.11 Å².